The highest BCUT2D eigenvalue weighted by Gasteiger charge is 2.74. The summed E-state index contributed by atoms with van der Waals surface area (Å²) in [6.07, 6.45) is 2.47. The van der Waals surface area contributed by atoms with Gasteiger partial charge in [0.15, 0.2) is 11.4 Å². The first-order valence-corrected chi connectivity index (χ1v) is 6.90. The molecule has 2 aliphatic heterocycles. The predicted octanol–water partition coefficient (Wildman–Crippen LogP) is 2.55. The highest BCUT2D eigenvalue weighted by molar-refractivity contribution is 5.24. The third-order valence-corrected chi connectivity index (χ3v) is 5.89. The highest BCUT2D eigenvalue weighted by atomic mass is 16.5. The topological polar surface area (TPSA) is 67.9 Å². The van der Waals surface area contributed by atoms with Crippen LogP contribution in [0.3, 0.4) is 0 Å². The lowest BCUT2D eigenvalue weighted by molar-refractivity contribution is -0.181. The van der Waals surface area contributed by atoms with E-state index in [4.69, 9.17) is 9.47 Å². The molecule has 2 heterocycles. The van der Waals surface area contributed by atoms with Gasteiger partial charge in [-0.05, 0) is 20.3 Å². The number of ether oxygens (including phenoxy) is 2. The molecule has 0 saturated heterocycles. The van der Waals surface area contributed by atoms with E-state index in [1.807, 2.05) is 0 Å². The summed E-state index contributed by atoms with van der Waals surface area (Å²) in [5.41, 5.74) is -1.51. The molecule has 2 fully saturated rings. The maximum Gasteiger partial charge on any atom is 0.186 e. The van der Waals surface area contributed by atoms with Crippen LogP contribution in [0.25, 0.3) is 0 Å². The third kappa shape index (κ3) is 1.12. The minimum atomic E-state index is -0.511. The van der Waals surface area contributed by atoms with Crippen molar-refractivity contribution in [3.8, 4) is 0 Å². The van der Waals surface area contributed by atoms with Gasteiger partial charge in [0.2, 0.25) is 0 Å². The molecule has 0 aromatic heterocycles. The fraction of sp³-hybridized carbons (Fsp3) is 1.00. The summed E-state index contributed by atoms with van der Waals surface area (Å²) in [6.45, 7) is 4.30. The fourth-order valence-electron chi connectivity index (χ4n) is 4.93. The Morgan fingerprint density at radius 3 is 1.58 bits per heavy atom. The van der Waals surface area contributed by atoms with Gasteiger partial charge in [0.05, 0.1) is 11.1 Å². The van der Waals surface area contributed by atoms with Gasteiger partial charge in [-0.3, -0.25) is 0 Å². The minimum Gasteiger partial charge on any atom is -0.355 e. The average molecular weight is 264 g/mol. The van der Waals surface area contributed by atoms with Gasteiger partial charge >= 0.3 is 0 Å². The van der Waals surface area contributed by atoms with Crippen molar-refractivity contribution in [3.05, 3.63) is 0 Å². The number of methoxy groups -OCH3 is 2. The normalized spacial score (nSPS) is 60.8. The van der Waals surface area contributed by atoms with Crippen LogP contribution < -0.4 is 0 Å². The zero-order chi connectivity index (χ0) is 13.5. The molecular weight excluding hydrogens is 244 g/mol. The first-order valence-electron chi connectivity index (χ1n) is 6.90. The number of hydrogen-bond donors (Lipinski definition) is 0. The van der Waals surface area contributed by atoms with Gasteiger partial charge in [-0.15, -0.1) is 0 Å². The summed E-state index contributed by atoms with van der Waals surface area (Å²) in [5.74, 6) is 0.629. The van der Waals surface area contributed by atoms with Crippen LogP contribution in [0.2, 0.25) is 0 Å². The molecule has 2 aliphatic carbocycles. The Hall–Kier alpha value is -0.880. The second-order valence-electron chi connectivity index (χ2n) is 6.91. The fourth-order valence-corrected chi connectivity index (χ4v) is 4.93. The number of rotatable bonds is 2. The van der Waals surface area contributed by atoms with Crippen LogP contribution in [-0.4, -0.2) is 36.7 Å². The zero-order valence-corrected chi connectivity index (χ0v) is 11.9. The average Bonchev–Trinajstić information content (AvgIpc) is 2.86. The van der Waals surface area contributed by atoms with Crippen LogP contribution in [0, 0.1) is 11.8 Å². The SMILES string of the molecule is CO[C@]12C[C@@]3(C)N=N[C@@]4(OC)C[C@](C)(N=N1)[C@@H]2C[C@@H]34. The van der Waals surface area contributed by atoms with Gasteiger partial charge in [0.1, 0.15) is 0 Å². The molecule has 0 N–H and O–H groups in total. The second-order valence-corrected chi connectivity index (χ2v) is 6.91. The van der Waals surface area contributed by atoms with Crippen LogP contribution in [0.1, 0.15) is 33.1 Å². The monoisotopic (exact) mass is 264 g/mol. The largest absolute Gasteiger partial charge is 0.355 e. The van der Waals surface area contributed by atoms with E-state index in [9.17, 15) is 0 Å². The lowest BCUT2D eigenvalue weighted by Crippen LogP contribution is -2.65. The molecule has 6 atom stereocenters. The van der Waals surface area contributed by atoms with Gasteiger partial charge < -0.3 is 9.47 Å². The molecular formula is C13H20N4O2. The first kappa shape index (κ1) is 11.9. The Morgan fingerprint density at radius 2 is 1.21 bits per heavy atom. The molecule has 0 unspecified atom stereocenters. The molecule has 19 heavy (non-hydrogen) atoms. The number of nitrogens with zero attached hydrogens (tertiary/aromatic N) is 4. The van der Waals surface area contributed by atoms with Crippen molar-refractivity contribution >= 4 is 0 Å². The Balaban J connectivity index is 1.90. The molecule has 104 valence electrons. The quantitative estimate of drug-likeness (QED) is 0.769. The molecule has 0 amide bonds. The maximum atomic E-state index is 5.80. The van der Waals surface area contributed by atoms with Gasteiger partial charge in [0, 0.05) is 38.9 Å². The molecule has 0 aromatic rings. The van der Waals surface area contributed by atoms with Gasteiger partial charge in [0.25, 0.3) is 0 Å². The molecule has 4 rings (SSSR count). The van der Waals surface area contributed by atoms with Crippen LogP contribution in [0.15, 0.2) is 20.5 Å². The van der Waals surface area contributed by atoms with Crippen molar-refractivity contribution in [2.75, 3.05) is 14.2 Å². The summed E-state index contributed by atoms with van der Waals surface area (Å²) in [5, 5.41) is 18.2. The zero-order valence-electron chi connectivity index (χ0n) is 11.9. The molecule has 2 bridgehead atoms. The van der Waals surface area contributed by atoms with Crippen molar-refractivity contribution < 1.29 is 9.47 Å². The lowest BCUT2D eigenvalue weighted by Gasteiger charge is -2.55. The molecule has 0 aromatic carbocycles. The van der Waals surface area contributed by atoms with E-state index in [0.717, 1.165) is 19.3 Å². The molecule has 6 nitrogen and oxygen atoms in total. The smallest absolute Gasteiger partial charge is 0.186 e. The van der Waals surface area contributed by atoms with Gasteiger partial charge in [-0.1, -0.05) is 0 Å². The second kappa shape index (κ2) is 3.06. The van der Waals surface area contributed by atoms with Crippen LogP contribution in [-0.2, 0) is 9.47 Å². The van der Waals surface area contributed by atoms with Crippen molar-refractivity contribution in [2.45, 2.75) is 55.6 Å². The van der Waals surface area contributed by atoms with Crippen LogP contribution >= 0.6 is 0 Å². The molecule has 4 aliphatic rings. The van der Waals surface area contributed by atoms with E-state index in [-0.39, 0.29) is 11.1 Å². The van der Waals surface area contributed by atoms with Crippen LogP contribution in [0.5, 0.6) is 0 Å². The van der Waals surface area contributed by atoms with E-state index in [1.54, 1.807) is 14.2 Å². The predicted molar refractivity (Wildman–Crippen MR) is 66.8 cm³/mol. The van der Waals surface area contributed by atoms with Crippen LogP contribution in [0.4, 0.5) is 0 Å². The number of azo groups is 2. The van der Waals surface area contributed by atoms with Gasteiger partial charge in [-0.25, -0.2) is 0 Å². The standard InChI is InChI=1S/C13H20N4O2/c1-10-6-12(18-3)9-5-8(10)13(19-4,16-14-10)7-11(9,2)15-17-12/h8-9H,5-7H2,1-4H3/t8-,9-,10-,11+,12+,13-/m0/s1. The highest BCUT2D eigenvalue weighted by Crippen LogP contribution is 2.66. The Morgan fingerprint density at radius 1 is 0.789 bits per heavy atom. The Kier molecular flexibility index (Phi) is 1.92. The minimum absolute atomic E-state index is 0.243. The van der Waals surface area contributed by atoms with E-state index in [1.165, 1.54) is 0 Å². The van der Waals surface area contributed by atoms with Crippen molar-refractivity contribution in [1.29, 1.82) is 0 Å². The lowest BCUT2D eigenvalue weighted by atomic mass is 9.53. The molecule has 0 radical (unpaired) electrons. The Labute approximate surface area is 112 Å². The molecule has 0 spiro atoms. The Bertz CT molecular complexity index is 465. The van der Waals surface area contributed by atoms with E-state index in [0.29, 0.717) is 11.8 Å². The first-order chi connectivity index (χ1) is 8.92. The van der Waals surface area contributed by atoms with Crippen molar-refractivity contribution in [3.63, 3.8) is 0 Å². The molecule has 6 heteroatoms. The summed E-state index contributed by atoms with van der Waals surface area (Å²) >= 11 is 0. The summed E-state index contributed by atoms with van der Waals surface area (Å²) < 4.78 is 11.6. The summed E-state index contributed by atoms with van der Waals surface area (Å²) in [4.78, 5) is 0. The van der Waals surface area contributed by atoms with E-state index < -0.39 is 11.4 Å². The molecule has 2 saturated carbocycles. The maximum absolute atomic E-state index is 5.80. The van der Waals surface area contributed by atoms with Crippen molar-refractivity contribution in [1.82, 2.24) is 0 Å². The van der Waals surface area contributed by atoms with Crippen molar-refractivity contribution in [2.24, 2.45) is 32.3 Å². The summed E-state index contributed by atoms with van der Waals surface area (Å²) in [6, 6.07) is 0. The van der Waals surface area contributed by atoms with Gasteiger partial charge in [-0.2, -0.15) is 20.5 Å². The summed E-state index contributed by atoms with van der Waals surface area (Å²) in [7, 11) is 3.47. The third-order valence-electron chi connectivity index (χ3n) is 5.89. The van der Waals surface area contributed by atoms with E-state index >= 15 is 0 Å². The van der Waals surface area contributed by atoms with E-state index in [2.05, 4.69) is 34.3 Å². The number of hydrogen-bond acceptors (Lipinski definition) is 6.